The number of imidazole rings is 1. The molecule has 2 aliphatic rings. The van der Waals surface area contributed by atoms with E-state index in [-0.39, 0.29) is 18.5 Å². The number of carbonyl (C=O) groups is 1. The van der Waals surface area contributed by atoms with Gasteiger partial charge < -0.3 is 36.0 Å². The number of aliphatic hydroxyl groups excluding tert-OH is 3. The van der Waals surface area contributed by atoms with Gasteiger partial charge >= 0.3 is 6.03 Å². The van der Waals surface area contributed by atoms with Crippen LogP contribution < -0.4 is 16.0 Å². The van der Waals surface area contributed by atoms with Crippen LogP contribution in [-0.2, 0) is 11.3 Å². The van der Waals surface area contributed by atoms with E-state index in [0.717, 1.165) is 17.7 Å². The van der Waals surface area contributed by atoms with Gasteiger partial charge in [0.1, 0.15) is 18.3 Å². The fourth-order valence-electron chi connectivity index (χ4n) is 7.08. The van der Waals surface area contributed by atoms with Crippen molar-refractivity contribution in [2.24, 2.45) is 0 Å². The molecule has 2 aromatic carbocycles. The molecule has 13 heteroatoms. The SMILES string of the molecule is CC(C)N(CCNC(=O)NCc1nc(NCC(c2ccccc2)c2ccccc2)c2ncn([C@@H]3O[C@H](CO)[C@@H](O)[C@@H]3O)c2n1)C1CCCC1. The summed E-state index contributed by atoms with van der Waals surface area (Å²) in [7, 11) is 0. The van der Waals surface area contributed by atoms with Crippen molar-refractivity contribution >= 4 is 23.0 Å². The lowest BCUT2D eigenvalue weighted by atomic mass is 9.91. The number of anilines is 1. The van der Waals surface area contributed by atoms with E-state index >= 15 is 0 Å². The summed E-state index contributed by atoms with van der Waals surface area (Å²) in [5.41, 5.74) is 3.05. The second-order valence-electron chi connectivity index (χ2n) is 13.2. The molecule has 1 saturated heterocycles. The summed E-state index contributed by atoms with van der Waals surface area (Å²) in [6.07, 6.45) is 1.82. The standard InChI is InChI=1S/C36H48N8O5/c1-23(2)43(26-15-9-10-16-26)18-17-37-36(48)39-20-29-41-33(38-19-27(24-11-5-3-6-12-24)25-13-7-4-8-14-25)30-34(42-29)44(22-40-30)35-32(47)31(46)28(21-45)49-35/h3-8,11-14,22-23,26-28,31-32,35,45-47H,9-10,15-21H2,1-2H3,(H2,37,39,48)(H,38,41,42)/t28-,31-,32+,35-/m1/s1. The lowest BCUT2D eigenvalue weighted by molar-refractivity contribution is -0.0511. The molecule has 262 valence electrons. The van der Waals surface area contributed by atoms with Gasteiger partial charge in [0.2, 0.25) is 0 Å². The van der Waals surface area contributed by atoms with Gasteiger partial charge in [0.15, 0.2) is 29.0 Å². The number of aromatic nitrogens is 4. The summed E-state index contributed by atoms with van der Waals surface area (Å²) < 4.78 is 7.34. The van der Waals surface area contributed by atoms with Gasteiger partial charge in [-0.15, -0.1) is 0 Å². The van der Waals surface area contributed by atoms with Gasteiger partial charge in [-0.2, -0.15) is 0 Å². The van der Waals surface area contributed by atoms with Gasteiger partial charge in [0.25, 0.3) is 0 Å². The fraction of sp³-hybridized carbons (Fsp3) is 0.500. The van der Waals surface area contributed by atoms with E-state index in [1.165, 1.54) is 36.6 Å². The van der Waals surface area contributed by atoms with E-state index < -0.39 is 31.1 Å². The van der Waals surface area contributed by atoms with Crippen LogP contribution in [-0.4, -0.2) is 102 Å². The maximum Gasteiger partial charge on any atom is 0.315 e. The molecule has 3 heterocycles. The lowest BCUT2D eigenvalue weighted by Crippen LogP contribution is -2.45. The minimum atomic E-state index is -1.32. The number of nitrogens with one attached hydrogen (secondary N) is 3. The third kappa shape index (κ3) is 8.03. The van der Waals surface area contributed by atoms with Gasteiger partial charge in [0, 0.05) is 37.6 Å². The Morgan fingerprint density at radius 1 is 0.980 bits per heavy atom. The molecule has 0 spiro atoms. The normalized spacial score (nSPS) is 21.3. The molecule has 1 aliphatic carbocycles. The fourth-order valence-corrected chi connectivity index (χ4v) is 7.08. The van der Waals surface area contributed by atoms with Crippen molar-refractivity contribution in [3.63, 3.8) is 0 Å². The Kier molecular flexibility index (Phi) is 11.4. The van der Waals surface area contributed by atoms with Gasteiger partial charge in [-0.1, -0.05) is 73.5 Å². The van der Waals surface area contributed by atoms with Crippen molar-refractivity contribution in [2.75, 3.05) is 31.6 Å². The molecule has 6 rings (SSSR count). The second kappa shape index (κ2) is 16.0. The number of amides is 2. The molecule has 2 amide bonds. The van der Waals surface area contributed by atoms with Crippen molar-refractivity contribution in [1.29, 1.82) is 0 Å². The summed E-state index contributed by atoms with van der Waals surface area (Å²) in [6, 6.07) is 21.1. The molecular formula is C36H48N8O5. The van der Waals surface area contributed by atoms with Crippen LogP contribution in [0.1, 0.15) is 68.6 Å². The van der Waals surface area contributed by atoms with Crippen LogP contribution in [0.5, 0.6) is 0 Å². The molecule has 6 N–H and O–H groups in total. The first-order valence-electron chi connectivity index (χ1n) is 17.3. The molecule has 2 aromatic heterocycles. The van der Waals surface area contributed by atoms with Crippen LogP contribution in [0.25, 0.3) is 11.2 Å². The van der Waals surface area contributed by atoms with Crippen LogP contribution >= 0.6 is 0 Å². The number of hydrogen-bond acceptors (Lipinski definition) is 10. The van der Waals surface area contributed by atoms with Gasteiger partial charge in [-0.05, 0) is 37.8 Å². The Labute approximate surface area is 286 Å². The number of carbonyl (C=O) groups excluding carboxylic acids is 1. The average molecular weight is 673 g/mol. The van der Waals surface area contributed by atoms with Gasteiger partial charge in [-0.3, -0.25) is 9.47 Å². The van der Waals surface area contributed by atoms with E-state index in [9.17, 15) is 20.1 Å². The summed E-state index contributed by atoms with van der Waals surface area (Å²) in [4.78, 5) is 29.4. The Morgan fingerprint density at radius 3 is 2.27 bits per heavy atom. The molecule has 0 bridgehead atoms. The molecule has 0 unspecified atom stereocenters. The molecular weight excluding hydrogens is 624 g/mol. The first-order chi connectivity index (χ1) is 23.8. The predicted molar refractivity (Wildman–Crippen MR) is 186 cm³/mol. The van der Waals surface area contributed by atoms with E-state index in [0.29, 0.717) is 48.0 Å². The maximum absolute atomic E-state index is 12.9. The number of rotatable bonds is 14. The quantitative estimate of drug-likeness (QED) is 0.117. The van der Waals surface area contributed by atoms with Crippen LogP contribution in [0.15, 0.2) is 67.0 Å². The highest BCUT2D eigenvalue weighted by Gasteiger charge is 2.44. The molecule has 4 atom stereocenters. The molecule has 13 nitrogen and oxygen atoms in total. The van der Waals surface area contributed by atoms with Crippen molar-refractivity contribution in [3.8, 4) is 0 Å². The first kappa shape index (κ1) is 34.7. The monoisotopic (exact) mass is 672 g/mol. The van der Waals surface area contributed by atoms with Crippen molar-refractivity contribution in [3.05, 3.63) is 83.9 Å². The molecule has 2 fully saturated rings. The van der Waals surface area contributed by atoms with E-state index in [1.807, 2.05) is 36.4 Å². The number of aliphatic hydroxyl groups is 3. The maximum atomic E-state index is 12.9. The average Bonchev–Trinajstić information content (AvgIpc) is 3.87. The molecule has 4 aromatic rings. The highest BCUT2D eigenvalue weighted by molar-refractivity contribution is 5.83. The highest BCUT2D eigenvalue weighted by atomic mass is 16.6. The van der Waals surface area contributed by atoms with E-state index in [1.54, 1.807) is 0 Å². The lowest BCUT2D eigenvalue weighted by Gasteiger charge is -2.32. The number of hydrogen-bond donors (Lipinski definition) is 6. The largest absolute Gasteiger partial charge is 0.394 e. The van der Waals surface area contributed by atoms with Crippen LogP contribution in [0.4, 0.5) is 10.6 Å². The number of benzene rings is 2. The number of ether oxygens (including phenoxy) is 1. The van der Waals surface area contributed by atoms with Crippen molar-refractivity contribution in [2.45, 2.75) is 88.6 Å². The van der Waals surface area contributed by atoms with Crippen LogP contribution in [0.2, 0.25) is 0 Å². The Hall–Kier alpha value is -4.14. The van der Waals surface area contributed by atoms with Gasteiger partial charge in [-0.25, -0.2) is 19.7 Å². The third-order valence-electron chi connectivity index (χ3n) is 9.66. The third-order valence-corrected chi connectivity index (χ3v) is 9.66. The number of fused-ring (bicyclic) bond motifs is 1. The van der Waals surface area contributed by atoms with Crippen molar-refractivity contribution < 1.29 is 24.9 Å². The topological polar surface area (TPSA) is 170 Å². The van der Waals surface area contributed by atoms with Crippen LogP contribution in [0, 0.1) is 0 Å². The summed E-state index contributed by atoms with van der Waals surface area (Å²) in [5, 5.41) is 40.3. The predicted octanol–water partition coefficient (Wildman–Crippen LogP) is 3.13. The smallest absolute Gasteiger partial charge is 0.315 e. The minimum Gasteiger partial charge on any atom is -0.394 e. The summed E-state index contributed by atoms with van der Waals surface area (Å²) in [5.74, 6) is 0.773. The summed E-state index contributed by atoms with van der Waals surface area (Å²) in [6.45, 7) is 5.76. The molecule has 1 saturated carbocycles. The highest BCUT2D eigenvalue weighted by Crippen LogP contribution is 2.33. The van der Waals surface area contributed by atoms with Gasteiger partial charge in [0.05, 0.1) is 19.5 Å². The number of urea groups is 1. The zero-order valence-electron chi connectivity index (χ0n) is 28.2. The molecule has 1 aliphatic heterocycles. The second-order valence-corrected chi connectivity index (χ2v) is 13.2. The Balaban J connectivity index is 1.22. The first-order valence-corrected chi connectivity index (χ1v) is 17.3. The zero-order valence-corrected chi connectivity index (χ0v) is 28.2. The Morgan fingerprint density at radius 2 is 1.65 bits per heavy atom. The van der Waals surface area contributed by atoms with E-state index in [2.05, 4.69) is 63.9 Å². The summed E-state index contributed by atoms with van der Waals surface area (Å²) >= 11 is 0. The zero-order chi connectivity index (χ0) is 34.3. The van der Waals surface area contributed by atoms with Crippen molar-refractivity contribution in [1.82, 2.24) is 35.1 Å². The minimum absolute atomic E-state index is 0.00283. The van der Waals surface area contributed by atoms with E-state index in [4.69, 9.17) is 14.7 Å². The number of nitrogens with zero attached hydrogens (tertiary/aromatic N) is 5. The van der Waals surface area contributed by atoms with Crippen LogP contribution in [0.3, 0.4) is 0 Å². The molecule has 49 heavy (non-hydrogen) atoms. The molecule has 0 radical (unpaired) electrons. The Bertz CT molecular complexity index is 1610.